The number of anilines is 2. The minimum Gasteiger partial charge on any atom is -0.393 e. The molecule has 26 heavy (non-hydrogen) atoms. The van der Waals surface area contributed by atoms with Crippen molar-refractivity contribution in [3.63, 3.8) is 0 Å². The molecule has 0 spiro atoms. The van der Waals surface area contributed by atoms with Crippen molar-refractivity contribution in [1.29, 1.82) is 0 Å². The third kappa shape index (κ3) is 4.13. The van der Waals surface area contributed by atoms with Crippen LogP contribution < -0.4 is 10.8 Å². The number of hydroxylamine groups is 1. The number of hydrogen-bond donors (Lipinski definition) is 3. The lowest BCUT2D eigenvalue weighted by molar-refractivity contribution is -0.0566. The van der Waals surface area contributed by atoms with Crippen molar-refractivity contribution in [2.24, 2.45) is 0 Å². The highest BCUT2D eigenvalue weighted by Gasteiger charge is 2.45. The van der Waals surface area contributed by atoms with E-state index in [9.17, 15) is 18.7 Å². The summed E-state index contributed by atoms with van der Waals surface area (Å²) in [5, 5.41) is 12.2. The summed E-state index contributed by atoms with van der Waals surface area (Å²) in [4.78, 5) is 17.6. The van der Waals surface area contributed by atoms with Crippen LogP contribution >= 0.6 is 22.6 Å². The lowest BCUT2D eigenvalue weighted by Crippen LogP contribution is -2.33. The Kier molecular flexibility index (Phi) is 5.44. The highest BCUT2D eigenvalue weighted by atomic mass is 127. The van der Waals surface area contributed by atoms with Gasteiger partial charge in [0.15, 0.2) is 11.6 Å². The van der Waals surface area contributed by atoms with Gasteiger partial charge in [-0.05, 0) is 72.2 Å². The molecule has 1 aliphatic rings. The first kappa shape index (κ1) is 19.0. The van der Waals surface area contributed by atoms with Crippen LogP contribution in [-0.4, -0.2) is 23.2 Å². The Bertz CT molecular complexity index is 857. The number of carbonyl (C=O) groups is 1. The summed E-state index contributed by atoms with van der Waals surface area (Å²) >= 11 is 2.17. The van der Waals surface area contributed by atoms with E-state index in [1.54, 1.807) is 6.07 Å². The van der Waals surface area contributed by atoms with Crippen LogP contribution in [0, 0.1) is 22.1 Å². The molecule has 0 unspecified atom stereocenters. The predicted octanol–water partition coefficient (Wildman–Crippen LogP) is 3.81. The van der Waals surface area contributed by atoms with E-state index >= 15 is 0 Å². The van der Waals surface area contributed by atoms with Crippen LogP contribution in [0.25, 0.3) is 0 Å². The molecule has 0 aliphatic heterocycles. The Morgan fingerprint density at radius 1 is 1.23 bits per heavy atom. The van der Waals surface area contributed by atoms with E-state index in [4.69, 9.17) is 4.84 Å². The van der Waals surface area contributed by atoms with Crippen molar-refractivity contribution in [2.75, 3.05) is 11.9 Å². The Morgan fingerprint density at radius 3 is 2.54 bits per heavy atom. The molecule has 0 atom stereocenters. The first-order chi connectivity index (χ1) is 12.3. The Balaban J connectivity index is 1.86. The Morgan fingerprint density at radius 2 is 1.92 bits per heavy atom. The van der Waals surface area contributed by atoms with E-state index in [2.05, 4.69) is 33.4 Å². The van der Waals surface area contributed by atoms with Gasteiger partial charge in [-0.25, -0.2) is 14.3 Å². The molecule has 0 bridgehead atoms. The van der Waals surface area contributed by atoms with Gasteiger partial charge >= 0.3 is 0 Å². The monoisotopic (exact) mass is 474 g/mol. The van der Waals surface area contributed by atoms with Crippen molar-refractivity contribution >= 4 is 39.9 Å². The normalized spacial score (nSPS) is 14.8. The van der Waals surface area contributed by atoms with Crippen LogP contribution in [0.1, 0.15) is 28.8 Å². The maximum absolute atomic E-state index is 13.7. The molecule has 1 aliphatic carbocycles. The van der Waals surface area contributed by atoms with Crippen molar-refractivity contribution < 1.29 is 23.5 Å². The zero-order valence-corrected chi connectivity index (χ0v) is 16.1. The number of aliphatic hydroxyl groups is 1. The van der Waals surface area contributed by atoms with Gasteiger partial charge in [-0.2, -0.15) is 0 Å². The molecule has 2 aromatic carbocycles. The first-order valence-corrected chi connectivity index (χ1v) is 9.03. The van der Waals surface area contributed by atoms with Crippen LogP contribution in [0.4, 0.5) is 20.2 Å². The van der Waals surface area contributed by atoms with Gasteiger partial charge in [0.2, 0.25) is 0 Å². The average Bonchev–Trinajstić information content (AvgIpc) is 3.39. The molecule has 1 fully saturated rings. The molecule has 3 N–H and O–H groups in total. The number of aryl methyl sites for hydroxylation is 1. The number of halogens is 3. The van der Waals surface area contributed by atoms with Gasteiger partial charge in [0.25, 0.3) is 5.91 Å². The Hall–Kier alpha value is -1.78. The quantitative estimate of drug-likeness (QED) is 0.440. The number of benzene rings is 2. The predicted molar refractivity (Wildman–Crippen MR) is 101 cm³/mol. The molecular weight excluding hydrogens is 457 g/mol. The highest BCUT2D eigenvalue weighted by Crippen LogP contribution is 2.38. The minimum atomic E-state index is -1.14. The standard InChI is InChI=1S/C18H17F2IN2O3/c1-10-6-11(21)2-3-15(10)22-16-8-14(20)13(19)7-12(16)17(25)23-26-18(9-24)4-5-18/h2-3,6-8,22,24H,4-5,9H2,1H3,(H,23,25). The van der Waals surface area contributed by atoms with Gasteiger partial charge < -0.3 is 10.4 Å². The van der Waals surface area contributed by atoms with E-state index in [-0.39, 0.29) is 17.9 Å². The topological polar surface area (TPSA) is 70.6 Å². The lowest BCUT2D eigenvalue weighted by Gasteiger charge is -2.17. The summed E-state index contributed by atoms with van der Waals surface area (Å²) in [7, 11) is 0. The van der Waals surface area contributed by atoms with Gasteiger partial charge in [0, 0.05) is 15.3 Å². The summed E-state index contributed by atoms with van der Waals surface area (Å²) < 4.78 is 28.4. The second-order valence-electron chi connectivity index (χ2n) is 6.27. The molecule has 2 aromatic rings. The molecule has 0 saturated heterocycles. The first-order valence-electron chi connectivity index (χ1n) is 7.95. The van der Waals surface area contributed by atoms with Crippen molar-refractivity contribution in [3.05, 3.63) is 56.7 Å². The average molecular weight is 474 g/mol. The zero-order valence-electron chi connectivity index (χ0n) is 13.9. The van der Waals surface area contributed by atoms with Crippen LogP contribution in [0.15, 0.2) is 30.3 Å². The fourth-order valence-corrected chi connectivity index (χ4v) is 3.04. The highest BCUT2D eigenvalue weighted by molar-refractivity contribution is 14.1. The molecule has 1 saturated carbocycles. The van der Waals surface area contributed by atoms with E-state index < -0.39 is 23.1 Å². The summed E-state index contributed by atoms with van der Waals surface area (Å²) in [5.41, 5.74) is 3.02. The second-order valence-corrected chi connectivity index (χ2v) is 7.52. The number of rotatable bonds is 6. The van der Waals surface area contributed by atoms with Crippen LogP contribution in [-0.2, 0) is 4.84 Å². The molecule has 5 nitrogen and oxygen atoms in total. The van der Waals surface area contributed by atoms with Crippen molar-refractivity contribution in [3.8, 4) is 0 Å². The van der Waals surface area contributed by atoms with Crippen molar-refractivity contribution in [1.82, 2.24) is 5.48 Å². The fraction of sp³-hybridized carbons (Fsp3) is 0.278. The summed E-state index contributed by atoms with van der Waals surface area (Å²) in [6, 6.07) is 7.32. The van der Waals surface area contributed by atoms with E-state index in [1.165, 1.54) is 0 Å². The number of aliphatic hydroxyl groups excluding tert-OH is 1. The van der Waals surface area contributed by atoms with E-state index in [0.717, 1.165) is 21.3 Å². The molecule has 0 aromatic heterocycles. The van der Waals surface area contributed by atoms with Crippen LogP contribution in [0.5, 0.6) is 0 Å². The largest absolute Gasteiger partial charge is 0.393 e. The number of carbonyl (C=O) groups excluding carboxylic acids is 1. The summed E-state index contributed by atoms with van der Waals surface area (Å²) in [6.07, 6.45) is 1.24. The molecule has 138 valence electrons. The zero-order chi connectivity index (χ0) is 18.9. The Labute approximate surface area is 162 Å². The van der Waals surface area contributed by atoms with Gasteiger partial charge in [-0.3, -0.25) is 9.63 Å². The number of nitrogens with one attached hydrogen (secondary N) is 2. The van der Waals surface area contributed by atoms with E-state index in [0.29, 0.717) is 18.5 Å². The maximum Gasteiger partial charge on any atom is 0.277 e. The number of amides is 1. The van der Waals surface area contributed by atoms with Crippen LogP contribution in [0.2, 0.25) is 0 Å². The summed E-state index contributed by atoms with van der Waals surface area (Å²) in [5.74, 6) is -2.93. The van der Waals surface area contributed by atoms with Gasteiger partial charge in [0.1, 0.15) is 5.60 Å². The van der Waals surface area contributed by atoms with Gasteiger partial charge in [-0.1, -0.05) is 0 Å². The molecule has 0 heterocycles. The smallest absolute Gasteiger partial charge is 0.277 e. The van der Waals surface area contributed by atoms with Crippen LogP contribution in [0.3, 0.4) is 0 Å². The minimum absolute atomic E-state index is 0.101. The molecule has 8 heteroatoms. The third-order valence-corrected chi connectivity index (χ3v) is 4.89. The summed E-state index contributed by atoms with van der Waals surface area (Å²) in [6.45, 7) is 1.64. The molecule has 3 rings (SSSR count). The third-order valence-electron chi connectivity index (χ3n) is 4.22. The maximum atomic E-state index is 13.7. The SMILES string of the molecule is Cc1cc(I)ccc1Nc1cc(F)c(F)cc1C(=O)NOC1(CO)CC1. The van der Waals surface area contributed by atoms with Gasteiger partial charge in [0.05, 0.1) is 17.9 Å². The molecule has 0 radical (unpaired) electrons. The second kappa shape index (κ2) is 7.45. The molecule has 1 amide bonds. The van der Waals surface area contributed by atoms with Gasteiger partial charge in [-0.15, -0.1) is 0 Å². The van der Waals surface area contributed by atoms with E-state index in [1.807, 2.05) is 19.1 Å². The lowest BCUT2D eigenvalue weighted by atomic mass is 10.1. The number of hydrogen-bond acceptors (Lipinski definition) is 4. The van der Waals surface area contributed by atoms with Crippen molar-refractivity contribution in [2.45, 2.75) is 25.4 Å². The molecular formula is C18H17F2IN2O3. The fourth-order valence-electron chi connectivity index (χ4n) is 2.39.